The predicted molar refractivity (Wildman–Crippen MR) is 160 cm³/mol. The van der Waals surface area contributed by atoms with Gasteiger partial charge in [0.2, 0.25) is 0 Å². The van der Waals surface area contributed by atoms with Gasteiger partial charge in [-0.3, -0.25) is 14.2 Å². The Labute approximate surface area is 235 Å². The van der Waals surface area contributed by atoms with E-state index in [1.165, 1.54) is 18.3 Å². The standard InChI is InChI=1S/C33H29N3O3S/c1-19-17-24(21(3)35(19)25-12-7-6-8-13-25)18-28-32(38)36-31(29(22(4)37)20(2)34-33(36)40-28)30-26-14-10-9-11-23(26)15-16-27(30)39-5/h6-18,31H,1-5H3/b28-18+/t31-/m1/s1. The summed E-state index contributed by atoms with van der Waals surface area (Å²) < 4.78 is 10.2. The fourth-order valence-corrected chi connectivity index (χ4v) is 6.87. The number of hydrogen-bond donors (Lipinski definition) is 0. The number of aryl methyl sites for hydroxylation is 1. The molecule has 0 fully saturated rings. The SMILES string of the molecule is COc1ccc2ccccc2c1[C@H]1C(C(C)=O)=C(C)N=c2s/c(=C/c3cc(C)n(-c4ccccc4)c3C)c(=O)n21. The summed E-state index contributed by atoms with van der Waals surface area (Å²) in [5.74, 6) is 0.500. The van der Waals surface area contributed by atoms with Crippen LogP contribution in [0.15, 0.2) is 93.9 Å². The molecule has 2 aromatic heterocycles. The van der Waals surface area contributed by atoms with E-state index in [0.717, 1.165) is 39.0 Å². The summed E-state index contributed by atoms with van der Waals surface area (Å²) in [4.78, 5) is 32.6. The third-order valence-electron chi connectivity index (χ3n) is 7.60. The maximum Gasteiger partial charge on any atom is 0.271 e. The van der Waals surface area contributed by atoms with Crippen LogP contribution < -0.4 is 19.6 Å². The van der Waals surface area contributed by atoms with E-state index in [-0.39, 0.29) is 11.3 Å². The largest absolute Gasteiger partial charge is 0.496 e. The average Bonchev–Trinajstić information content (AvgIpc) is 3.41. The summed E-state index contributed by atoms with van der Waals surface area (Å²) in [6.45, 7) is 7.50. The first-order valence-electron chi connectivity index (χ1n) is 13.1. The van der Waals surface area contributed by atoms with Gasteiger partial charge in [0.15, 0.2) is 10.6 Å². The molecule has 1 aliphatic rings. The zero-order valence-corrected chi connectivity index (χ0v) is 23.9. The third-order valence-corrected chi connectivity index (χ3v) is 8.58. The number of aromatic nitrogens is 2. The number of methoxy groups -OCH3 is 1. The van der Waals surface area contributed by atoms with Crippen molar-refractivity contribution in [3.63, 3.8) is 0 Å². The highest BCUT2D eigenvalue weighted by atomic mass is 32.1. The van der Waals surface area contributed by atoms with E-state index in [2.05, 4.69) is 36.6 Å². The van der Waals surface area contributed by atoms with Crippen molar-refractivity contribution in [2.75, 3.05) is 7.11 Å². The van der Waals surface area contributed by atoms with Gasteiger partial charge in [0.1, 0.15) is 5.75 Å². The summed E-state index contributed by atoms with van der Waals surface area (Å²) in [5.41, 5.74) is 5.88. The lowest BCUT2D eigenvalue weighted by Crippen LogP contribution is -2.39. The Morgan fingerprint density at radius 1 is 1.00 bits per heavy atom. The van der Waals surface area contributed by atoms with Gasteiger partial charge >= 0.3 is 0 Å². The zero-order chi connectivity index (χ0) is 28.1. The number of ketones is 1. The molecule has 0 radical (unpaired) electrons. The minimum absolute atomic E-state index is 0.123. The van der Waals surface area contributed by atoms with Gasteiger partial charge in [-0.15, -0.1) is 0 Å². The second kappa shape index (κ2) is 9.92. The number of benzene rings is 3. The number of hydrogen-bond acceptors (Lipinski definition) is 5. The van der Waals surface area contributed by atoms with Gasteiger partial charge < -0.3 is 9.30 Å². The van der Waals surface area contributed by atoms with Crippen LogP contribution in [-0.4, -0.2) is 22.0 Å². The second-order valence-corrected chi connectivity index (χ2v) is 11.0. The molecule has 200 valence electrons. The second-order valence-electron chi connectivity index (χ2n) is 10.0. The van der Waals surface area contributed by atoms with E-state index in [4.69, 9.17) is 9.73 Å². The van der Waals surface area contributed by atoms with Crippen molar-refractivity contribution in [1.82, 2.24) is 9.13 Å². The van der Waals surface area contributed by atoms with Crippen molar-refractivity contribution in [3.8, 4) is 11.4 Å². The molecule has 3 heterocycles. The molecule has 7 heteroatoms. The van der Waals surface area contributed by atoms with Crippen molar-refractivity contribution < 1.29 is 9.53 Å². The van der Waals surface area contributed by atoms with Gasteiger partial charge in [0, 0.05) is 33.9 Å². The van der Waals surface area contributed by atoms with Crippen molar-refractivity contribution in [1.29, 1.82) is 0 Å². The molecule has 0 N–H and O–H groups in total. The Morgan fingerprint density at radius 2 is 1.73 bits per heavy atom. The number of nitrogens with zero attached hydrogens (tertiary/aromatic N) is 3. The fourth-order valence-electron chi connectivity index (χ4n) is 5.83. The fraction of sp³-hybridized carbons (Fsp3) is 0.182. The molecule has 6 nitrogen and oxygen atoms in total. The predicted octanol–water partition coefficient (Wildman–Crippen LogP) is 5.39. The Kier molecular flexibility index (Phi) is 6.39. The van der Waals surface area contributed by atoms with Crippen LogP contribution in [0.2, 0.25) is 0 Å². The molecule has 40 heavy (non-hydrogen) atoms. The summed E-state index contributed by atoms with van der Waals surface area (Å²) in [6, 6.07) is 23.5. The summed E-state index contributed by atoms with van der Waals surface area (Å²) in [6.07, 6.45) is 1.94. The minimum Gasteiger partial charge on any atom is -0.496 e. The number of allylic oxidation sites excluding steroid dienone is 2. The molecular weight excluding hydrogens is 518 g/mol. The molecule has 0 amide bonds. The van der Waals surface area contributed by atoms with Crippen LogP contribution in [0.1, 0.15) is 42.4 Å². The quantitative estimate of drug-likeness (QED) is 0.296. The van der Waals surface area contributed by atoms with Gasteiger partial charge in [-0.05, 0) is 74.4 Å². The van der Waals surface area contributed by atoms with Crippen LogP contribution in [0.4, 0.5) is 0 Å². The molecule has 6 rings (SSSR count). The van der Waals surface area contributed by atoms with Crippen LogP contribution >= 0.6 is 11.3 Å². The number of ether oxygens (including phenoxy) is 1. The molecule has 0 aliphatic carbocycles. The Bertz CT molecular complexity index is 2030. The molecule has 0 spiro atoms. The van der Waals surface area contributed by atoms with Gasteiger partial charge in [0.25, 0.3) is 5.56 Å². The molecule has 0 unspecified atom stereocenters. The van der Waals surface area contributed by atoms with E-state index in [1.807, 2.05) is 67.6 Å². The molecule has 0 saturated heterocycles. The number of thiazole rings is 1. The van der Waals surface area contributed by atoms with E-state index < -0.39 is 6.04 Å². The molecule has 0 bridgehead atoms. The van der Waals surface area contributed by atoms with Crippen molar-refractivity contribution in [2.45, 2.75) is 33.7 Å². The van der Waals surface area contributed by atoms with Gasteiger partial charge in [0.05, 0.1) is 17.7 Å². The molecule has 0 saturated carbocycles. The first kappa shape index (κ1) is 25.8. The summed E-state index contributed by atoms with van der Waals surface area (Å²) in [7, 11) is 1.61. The average molecular weight is 548 g/mol. The highest BCUT2D eigenvalue weighted by molar-refractivity contribution is 7.07. The van der Waals surface area contributed by atoms with Crippen LogP contribution in [0.25, 0.3) is 22.5 Å². The molecule has 3 aromatic carbocycles. The van der Waals surface area contributed by atoms with Crippen molar-refractivity contribution in [3.05, 3.63) is 126 Å². The van der Waals surface area contributed by atoms with Gasteiger partial charge in [-0.2, -0.15) is 0 Å². The van der Waals surface area contributed by atoms with E-state index >= 15 is 0 Å². The van der Waals surface area contributed by atoms with Crippen molar-refractivity contribution in [2.24, 2.45) is 4.99 Å². The Balaban J connectivity index is 1.62. The van der Waals surface area contributed by atoms with E-state index in [9.17, 15) is 9.59 Å². The lowest BCUT2D eigenvalue weighted by atomic mass is 9.89. The third kappa shape index (κ3) is 4.05. The lowest BCUT2D eigenvalue weighted by molar-refractivity contribution is -0.114. The topological polar surface area (TPSA) is 65.6 Å². The maximum absolute atomic E-state index is 14.2. The highest BCUT2D eigenvalue weighted by Gasteiger charge is 2.33. The van der Waals surface area contributed by atoms with E-state index in [0.29, 0.717) is 26.4 Å². The van der Waals surface area contributed by atoms with Crippen LogP contribution in [0.5, 0.6) is 5.75 Å². The number of carbonyl (C=O) groups excluding carboxylic acids is 1. The van der Waals surface area contributed by atoms with Crippen LogP contribution in [0.3, 0.4) is 0 Å². The lowest BCUT2D eigenvalue weighted by Gasteiger charge is -2.27. The summed E-state index contributed by atoms with van der Waals surface area (Å²) in [5, 5.41) is 1.94. The number of para-hydroxylation sites is 1. The molecule has 1 aliphatic heterocycles. The Hall–Kier alpha value is -4.49. The first-order valence-corrected chi connectivity index (χ1v) is 13.9. The molecule has 1 atom stereocenters. The number of carbonyl (C=O) groups is 1. The highest BCUT2D eigenvalue weighted by Crippen LogP contribution is 2.40. The van der Waals surface area contributed by atoms with Gasteiger partial charge in [-0.25, -0.2) is 4.99 Å². The number of Topliss-reactive ketones (excluding diaryl/α,β-unsaturated/α-hetero) is 1. The first-order chi connectivity index (χ1) is 19.3. The summed E-state index contributed by atoms with van der Waals surface area (Å²) >= 11 is 1.34. The van der Waals surface area contributed by atoms with Gasteiger partial charge in [-0.1, -0.05) is 59.9 Å². The normalized spacial score (nSPS) is 15.3. The maximum atomic E-state index is 14.2. The van der Waals surface area contributed by atoms with Crippen molar-refractivity contribution >= 4 is 34.0 Å². The number of rotatable bonds is 5. The monoisotopic (exact) mass is 547 g/mol. The van der Waals surface area contributed by atoms with Crippen LogP contribution in [0, 0.1) is 13.8 Å². The molecular formula is C33H29N3O3S. The van der Waals surface area contributed by atoms with E-state index in [1.54, 1.807) is 11.7 Å². The number of fused-ring (bicyclic) bond motifs is 2. The molecule has 5 aromatic rings. The minimum atomic E-state index is -0.659. The van der Waals surface area contributed by atoms with Crippen LogP contribution in [-0.2, 0) is 4.79 Å². The zero-order valence-electron chi connectivity index (χ0n) is 23.1. The smallest absolute Gasteiger partial charge is 0.271 e. The Morgan fingerprint density at radius 3 is 2.45 bits per heavy atom.